The summed E-state index contributed by atoms with van der Waals surface area (Å²) >= 11 is 0. The molecule has 2 aromatic carbocycles. The highest BCUT2D eigenvalue weighted by Crippen LogP contribution is 2.31. The second-order valence-corrected chi connectivity index (χ2v) is 8.19. The van der Waals surface area contributed by atoms with Crippen molar-refractivity contribution in [3.8, 4) is 11.5 Å². The van der Waals surface area contributed by atoms with Crippen LogP contribution in [-0.2, 0) is 27.1 Å². The average molecular weight is 434 g/mol. The predicted molar refractivity (Wildman–Crippen MR) is 115 cm³/mol. The summed E-state index contributed by atoms with van der Waals surface area (Å²) in [6, 6.07) is 15.1. The van der Waals surface area contributed by atoms with Crippen molar-refractivity contribution in [1.82, 2.24) is 0 Å². The molecule has 2 saturated heterocycles. The highest BCUT2D eigenvalue weighted by Gasteiger charge is 2.24. The summed E-state index contributed by atoms with van der Waals surface area (Å²) in [5.74, 6) is 2.69. The third-order valence-electron chi connectivity index (χ3n) is 5.54. The van der Waals surface area contributed by atoms with Crippen molar-refractivity contribution in [3.63, 3.8) is 0 Å². The molecule has 0 saturated carbocycles. The summed E-state index contributed by atoms with van der Waals surface area (Å²) in [4.78, 5) is 12.7. The van der Waals surface area contributed by atoms with Gasteiger partial charge in [0.25, 0.3) is 0 Å². The fourth-order valence-corrected chi connectivity index (χ4v) is 3.74. The Balaban J connectivity index is 1.15. The smallest absolute Gasteiger partial charge is 0.147 e. The standard InChI is InChI=1S/C25H22O7/c26-15(7-16-9-20-22(29-13-18-11-27-18)3-1-5-24(20)31-16)8-17-10-21-23(30-14-19-12-28-19)4-2-6-25(21)32-17/h1-6,9-10,18-19H,7-8,11-14H2/t18-,19-/m0/s1. The molecule has 0 spiro atoms. The van der Waals surface area contributed by atoms with Crippen LogP contribution in [0.15, 0.2) is 57.4 Å². The molecule has 164 valence electrons. The van der Waals surface area contributed by atoms with Crippen LogP contribution >= 0.6 is 0 Å². The van der Waals surface area contributed by atoms with Crippen molar-refractivity contribution >= 4 is 27.7 Å². The Morgan fingerprint density at radius 1 is 0.781 bits per heavy atom. The van der Waals surface area contributed by atoms with Crippen LogP contribution in [0.4, 0.5) is 0 Å². The Kier molecular flexibility index (Phi) is 4.85. The Bertz CT molecular complexity index is 1180. The van der Waals surface area contributed by atoms with Crippen molar-refractivity contribution in [1.29, 1.82) is 0 Å². The van der Waals surface area contributed by atoms with Gasteiger partial charge in [0.1, 0.15) is 65.4 Å². The Labute approximate surface area is 183 Å². The number of hydrogen-bond donors (Lipinski definition) is 0. The zero-order valence-electron chi connectivity index (χ0n) is 17.4. The molecule has 2 aliphatic heterocycles. The molecule has 2 aliphatic rings. The molecular formula is C25H22O7. The molecular weight excluding hydrogens is 412 g/mol. The number of epoxide rings is 2. The van der Waals surface area contributed by atoms with Crippen LogP contribution in [0.1, 0.15) is 11.5 Å². The number of benzene rings is 2. The maximum Gasteiger partial charge on any atom is 0.147 e. The lowest BCUT2D eigenvalue weighted by Crippen LogP contribution is -2.05. The normalized spacial score (nSPS) is 19.4. The van der Waals surface area contributed by atoms with Crippen LogP contribution in [0.2, 0.25) is 0 Å². The van der Waals surface area contributed by atoms with Crippen LogP contribution in [0.25, 0.3) is 21.9 Å². The Morgan fingerprint density at radius 3 is 1.69 bits per heavy atom. The van der Waals surface area contributed by atoms with Crippen LogP contribution in [0, 0.1) is 0 Å². The number of furan rings is 2. The molecule has 0 radical (unpaired) electrons. The highest BCUT2D eigenvalue weighted by atomic mass is 16.6. The van der Waals surface area contributed by atoms with Crippen LogP contribution in [0.5, 0.6) is 11.5 Å². The molecule has 2 fully saturated rings. The van der Waals surface area contributed by atoms with Gasteiger partial charge in [-0.2, -0.15) is 0 Å². The van der Waals surface area contributed by atoms with E-state index >= 15 is 0 Å². The summed E-state index contributed by atoms with van der Waals surface area (Å²) in [5, 5.41) is 1.72. The van der Waals surface area contributed by atoms with Gasteiger partial charge in [0, 0.05) is 0 Å². The first-order chi connectivity index (χ1) is 15.7. The highest BCUT2D eigenvalue weighted by molar-refractivity contribution is 5.89. The minimum Gasteiger partial charge on any atom is -0.490 e. The minimum absolute atomic E-state index is 0.00538. The summed E-state index contributed by atoms with van der Waals surface area (Å²) in [7, 11) is 0. The zero-order valence-corrected chi connectivity index (χ0v) is 17.4. The summed E-state index contributed by atoms with van der Waals surface area (Å²) in [5.41, 5.74) is 1.40. The van der Waals surface area contributed by atoms with Gasteiger partial charge in [0.05, 0.1) is 36.8 Å². The molecule has 0 N–H and O–H groups in total. The number of carbonyl (C=O) groups is 1. The number of Topliss-reactive ketones (excluding diaryl/α,β-unsaturated/α-hetero) is 1. The third-order valence-corrected chi connectivity index (χ3v) is 5.54. The minimum atomic E-state index is 0.00538. The van der Waals surface area contributed by atoms with Gasteiger partial charge in [-0.25, -0.2) is 0 Å². The first kappa shape index (κ1) is 19.4. The number of carbonyl (C=O) groups excluding carboxylic acids is 1. The van der Waals surface area contributed by atoms with E-state index in [-0.39, 0.29) is 30.8 Å². The number of hydrogen-bond acceptors (Lipinski definition) is 7. The van der Waals surface area contributed by atoms with Gasteiger partial charge in [-0.05, 0) is 36.4 Å². The number of rotatable bonds is 10. The zero-order chi connectivity index (χ0) is 21.5. The number of ether oxygens (including phenoxy) is 4. The predicted octanol–water partition coefficient (Wildman–Crippen LogP) is 4.09. The van der Waals surface area contributed by atoms with E-state index in [0.717, 1.165) is 35.5 Å². The van der Waals surface area contributed by atoms with E-state index in [4.69, 9.17) is 27.8 Å². The van der Waals surface area contributed by atoms with E-state index in [1.54, 1.807) is 0 Å². The second kappa shape index (κ2) is 8.00. The maximum atomic E-state index is 12.7. The van der Waals surface area contributed by atoms with Crippen LogP contribution < -0.4 is 9.47 Å². The van der Waals surface area contributed by atoms with E-state index < -0.39 is 0 Å². The lowest BCUT2D eigenvalue weighted by Gasteiger charge is -2.04. The molecule has 4 aromatic rings. The molecule has 2 atom stereocenters. The average Bonchev–Trinajstić information content (AvgIpc) is 3.70. The molecule has 32 heavy (non-hydrogen) atoms. The molecule has 2 aromatic heterocycles. The van der Waals surface area contributed by atoms with E-state index in [1.165, 1.54) is 0 Å². The Hall–Kier alpha value is -3.29. The molecule has 7 heteroatoms. The van der Waals surface area contributed by atoms with Crippen LogP contribution in [0.3, 0.4) is 0 Å². The van der Waals surface area contributed by atoms with E-state index in [9.17, 15) is 4.79 Å². The number of fused-ring (bicyclic) bond motifs is 2. The van der Waals surface area contributed by atoms with Gasteiger partial charge in [0.2, 0.25) is 0 Å². The van der Waals surface area contributed by atoms with Gasteiger partial charge >= 0.3 is 0 Å². The topological polar surface area (TPSA) is 86.9 Å². The van der Waals surface area contributed by atoms with E-state index in [1.807, 2.05) is 48.5 Å². The number of ketones is 1. The lowest BCUT2D eigenvalue weighted by atomic mass is 10.1. The van der Waals surface area contributed by atoms with Gasteiger partial charge in [-0.15, -0.1) is 0 Å². The SMILES string of the molecule is O=C(Cc1cc2c(OC[C@@H]3CO3)cccc2o1)Cc1cc2c(OC[C@@H]3CO3)cccc2o1. The second-order valence-electron chi connectivity index (χ2n) is 8.19. The monoisotopic (exact) mass is 434 g/mol. The van der Waals surface area contributed by atoms with Gasteiger partial charge in [-0.1, -0.05) is 12.1 Å². The molecule has 0 unspecified atom stereocenters. The molecule has 4 heterocycles. The molecule has 6 rings (SSSR count). The van der Waals surface area contributed by atoms with Crippen molar-refractivity contribution < 1.29 is 32.6 Å². The van der Waals surface area contributed by atoms with Gasteiger partial charge < -0.3 is 27.8 Å². The summed E-state index contributed by atoms with van der Waals surface area (Å²) in [6.07, 6.45) is 0.711. The summed E-state index contributed by atoms with van der Waals surface area (Å²) in [6.45, 7) is 2.52. The maximum absolute atomic E-state index is 12.7. The molecule has 0 amide bonds. The van der Waals surface area contributed by atoms with Crippen molar-refractivity contribution in [2.75, 3.05) is 26.4 Å². The van der Waals surface area contributed by atoms with Crippen LogP contribution in [-0.4, -0.2) is 44.4 Å². The van der Waals surface area contributed by atoms with Crippen molar-refractivity contribution in [2.24, 2.45) is 0 Å². The third kappa shape index (κ3) is 4.22. The first-order valence-corrected chi connectivity index (χ1v) is 10.7. The van der Waals surface area contributed by atoms with E-state index in [0.29, 0.717) is 35.9 Å². The van der Waals surface area contributed by atoms with E-state index in [2.05, 4.69) is 0 Å². The molecule has 0 bridgehead atoms. The summed E-state index contributed by atoms with van der Waals surface area (Å²) < 4.78 is 33.8. The quantitative estimate of drug-likeness (QED) is 0.348. The Morgan fingerprint density at radius 2 is 1.25 bits per heavy atom. The van der Waals surface area contributed by atoms with Gasteiger partial charge in [-0.3, -0.25) is 4.79 Å². The lowest BCUT2D eigenvalue weighted by molar-refractivity contribution is -0.118. The fraction of sp³-hybridized carbons (Fsp3) is 0.320. The largest absolute Gasteiger partial charge is 0.490 e. The van der Waals surface area contributed by atoms with Crippen molar-refractivity contribution in [3.05, 3.63) is 60.1 Å². The molecule has 7 nitrogen and oxygen atoms in total. The van der Waals surface area contributed by atoms with Crippen molar-refractivity contribution in [2.45, 2.75) is 25.0 Å². The van der Waals surface area contributed by atoms with Gasteiger partial charge in [0.15, 0.2) is 0 Å². The first-order valence-electron chi connectivity index (χ1n) is 10.7. The molecule has 0 aliphatic carbocycles. The fourth-order valence-electron chi connectivity index (χ4n) is 3.74.